The van der Waals surface area contributed by atoms with Crippen LogP contribution in [0.2, 0.25) is 0 Å². The van der Waals surface area contributed by atoms with E-state index in [1.807, 2.05) is 12.3 Å². The molecule has 0 aliphatic heterocycles. The van der Waals surface area contributed by atoms with Gasteiger partial charge in [0.1, 0.15) is 6.07 Å². The molecule has 1 aliphatic rings. The summed E-state index contributed by atoms with van der Waals surface area (Å²) in [6, 6.07) is 9.16. The first-order valence-electron chi connectivity index (χ1n) is 7.08. The van der Waals surface area contributed by atoms with E-state index in [0.29, 0.717) is 6.04 Å². The summed E-state index contributed by atoms with van der Waals surface area (Å²) in [5.41, 5.74) is 1.93. The molecule has 0 unspecified atom stereocenters. The van der Waals surface area contributed by atoms with E-state index in [1.54, 1.807) is 11.8 Å². The fourth-order valence-corrected chi connectivity index (χ4v) is 3.51. The van der Waals surface area contributed by atoms with Crippen LogP contribution in [0.4, 0.5) is 5.69 Å². The normalized spacial score (nSPS) is 16.7. The van der Waals surface area contributed by atoms with E-state index in [4.69, 9.17) is 0 Å². The summed E-state index contributed by atoms with van der Waals surface area (Å²) in [7, 11) is 2.15. The van der Waals surface area contributed by atoms with E-state index in [9.17, 15) is 5.26 Å². The van der Waals surface area contributed by atoms with Crippen molar-refractivity contribution < 1.29 is 0 Å². The maximum Gasteiger partial charge on any atom is 0.103 e. The summed E-state index contributed by atoms with van der Waals surface area (Å²) in [5.74, 6) is 0. The van der Waals surface area contributed by atoms with Gasteiger partial charge in [0.25, 0.3) is 0 Å². The lowest BCUT2D eigenvalue weighted by Gasteiger charge is -2.30. The average molecular weight is 274 g/mol. The molecular formula is C16H22N2S. The van der Waals surface area contributed by atoms with Gasteiger partial charge in [0.2, 0.25) is 0 Å². The third kappa shape index (κ3) is 3.25. The zero-order valence-corrected chi connectivity index (χ0v) is 12.7. The number of nitriles is 1. The van der Waals surface area contributed by atoms with E-state index in [2.05, 4.69) is 30.1 Å². The molecule has 0 radical (unpaired) electrons. The number of benzene rings is 1. The molecule has 0 N–H and O–H groups in total. The van der Waals surface area contributed by atoms with Crippen molar-refractivity contribution in [3.8, 4) is 6.07 Å². The van der Waals surface area contributed by atoms with E-state index < -0.39 is 0 Å². The highest BCUT2D eigenvalue weighted by Gasteiger charge is 2.20. The lowest BCUT2D eigenvalue weighted by atomic mass is 10.1. The lowest BCUT2D eigenvalue weighted by Crippen LogP contribution is -2.31. The fourth-order valence-electron chi connectivity index (χ4n) is 2.94. The molecule has 0 saturated heterocycles. The maximum atomic E-state index is 9.44. The average Bonchev–Trinajstić information content (AvgIpc) is 2.74. The summed E-state index contributed by atoms with van der Waals surface area (Å²) in [5, 5.41) is 9.44. The molecule has 0 spiro atoms. The molecule has 19 heavy (non-hydrogen) atoms. The van der Waals surface area contributed by atoms with Gasteiger partial charge in [0.15, 0.2) is 0 Å². The Morgan fingerprint density at radius 3 is 2.47 bits per heavy atom. The lowest BCUT2D eigenvalue weighted by molar-refractivity contribution is 0.552. The number of nitrogens with zero attached hydrogens (tertiary/aromatic N) is 2. The molecule has 2 rings (SSSR count). The van der Waals surface area contributed by atoms with Crippen molar-refractivity contribution in [3.05, 3.63) is 23.8 Å². The van der Waals surface area contributed by atoms with Crippen LogP contribution in [0, 0.1) is 11.3 Å². The minimum Gasteiger partial charge on any atom is -0.371 e. The Hall–Kier alpha value is -1.14. The van der Waals surface area contributed by atoms with Gasteiger partial charge in [0, 0.05) is 18.0 Å². The van der Waals surface area contributed by atoms with Crippen LogP contribution in [0.15, 0.2) is 23.1 Å². The van der Waals surface area contributed by atoms with Gasteiger partial charge in [-0.25, -0.2) is 0 Å². The van der Waals surface area contributed by atoms with Crippen molar-refractivity contribution in [2.75, 3.05) is 18.2 Å². The van der Waals surface area contributed by atoms with Crippen molar-refractivity contribution >= 4 is 17.4 Å². The van der Waals surface area contributed by atoms with Crippen LogP contribution in [-0.2, 0) is 0 Å². The molecule has 0 aromatic heterocycles. The van der Waals surface area contributed by atoms with Gasteiger partial charge in [-0.1, -0.05) is 31.7 Å². The van der Waals surface area contributed by atoms with Gasteiger partial charge >= 0.3 is 0 Å². The molecule has 2 nitrogen and oxygen atoms in total. The Bertz CT molecular complexity index is 456. The second kappa shape index (κ2) is 6.86. The monoisotopic (exact) mass is 274 g/mol. The largest absolute Gasteiger partial charge is 0.371 e. The summed E-state index contributed by atoms with van der Waals surface area (Å²) in [4.78, 5) is 3.42. The standard InChI is InChI=1S/C16H22N2S/c1-18(13-8-5-3-4-6-9-13)15-10-7-11-16(19-2)14(15)12-17/h7,10-11,13H,3-6,8-9H2,1-2H3. The third-order valence-corrected chi connectivity index (χ3v) is 4.87. The Kier molecular flexibility index (Phi) is 5.15. The number of hydrogen-bond acceptors (Lipinski definition) is 3. The van der Waals surface area contributed by atoms with Crippen LogP contribution >= 0.6 is 11.8 Å². The van der Waals surface area contributed by atoms with Gasteiger partial charge in [-0.3, -0.25) is 0 Å². The number of thioether (sulfide) groups is 1. The minimum absolute atomic E-state index is 0.590. The Morgan fingerprint density at radius 2 is 1.89 bits per heavy atom. The van der Waals surface area contributed by atoms with Gasteiger partial charge in [-0.2, -0.15) is 5.26 Å². The molecule has 1 aromatic rings. The summed E-state index contributed by atoms with van der Waals surface area (Å²) in [6.07, 6.45) is 9.90. The molecule has 3 heteroatoms. The third-order valence-electron chi connectivity index (χ3n) is 4.09. The first-order chi connectivity index (χ1) is 9.27. The van der Waals surface area contributed by atoms with Gasteiger partial charge in [-0.05, 0) is 31.2 Å². The molecule has 0 heterocycles. The van der Waals surface area contributed by atoms with Crippen LogP contribution in [0.1, 0.15) is 44.1 Å². The SMILES string of the molecule is CSc1cccc(N(C)C2CCCCCC2)c1C#N. The predicted molar refractivity (Wildman–Crippen MR) is 82.8 cm³/mol. The molecule has 0 bridgehead atoms. The van der Waals surface area contributed by atoms with Crippen LogP contribution in [0.25, 0.3) is 0 Å². The predicted octanol–water partition coefficient (Wildman–Crippen LogP) is 4.44. The smallest absolute Gasteiger partial charge is 0.103 e. The molecule has 1 aromatic carbocycles. The van der Waals surface area contributed by atoms with Crippen molar-refractivity contribution in [2.24, 2.45) is 0 Å². The number of hydrogen-bond donors (Lipinski definition) is 0. The quantitative estimate of drug-likeness (QED) is 0.602. The summed E-state index contributed by atoms with van der Waals surface area (Å²) in [6.45, 7) is 0. The first-order valence-corrected chi connectivity index (χ1v) is 8.30. The molecule has 102 valence electrons. The minimum atomic E-state index is 0.590. The molecule has 0 amide bonds. The maximum absolute atomic E-state index is 9.44. The Labute approximate surface area is 120 Å². The second-order valence-electron chi connectivity index (χ2n) is 5.22. The van der Waals surface area contributed by atoms with Crippen molar-refractivity contribution in [1.29, 1.82) is 5.26 Å². The van der Waals surface area contributed by atoms with Crippen LogP contribution in [0.5, 0.6) is 0 Å². The first kappa shape index (κ1) is 14.3. The van der Waals surface area contributed by atoms with Gasteiger partial charge in [-0.15, -0.1) is 11.8 Å². The van der Waals surface area contributed by atoms with Crippen LogP contribution in [-0.4, -0.2) is 19.3 Å². The molecule has 1 aliphatic carbocycles. The van der Waals surface area contributed by atoms with E-state index in [0.717, 1.165) is 16.1 Å². The zero-order valence-electron chi connectivity index (χ0n) is 11.9. The van der Waals surface area contributed by atoms with E-state index in [1.165, 1.54) is 38.5 Å². The summed E-state index contributed by atoms with van der Waals surface area (Å²) < 4.78 is 0. The Balaban J connectivity index is 2.27. The molecular weight excluding hydrogens is 252 g/mol. The van der Waals surface area contributed by atoms with Crippen molar-refractivity contribution in [2.45, 2.75) is 49.5 Å². The van der Waals surface area contributed by atoms with Gasteiger partial charge < -0.3 is 4.90 Å². The number of anilines is 1. The van der Waals surface area contributed by atoms with E-state index in [-0.39, 0.29) is 0 Å². The van der Waals surface area contributed by atoms with Crippen molar-refractivity contribution in [3.63, 3.8) is 0 Å². The highest BCUT2D eigenvalue weighted by atomic mass is 32.2. The van der Waals surface area contributed by atoms with Gasteiger partial charge in [0.05, 0.1) is 11.3 Å². The fraction of sp³-hybridized carbons (Fsp3) is 0.562. The highest BCUT2D eigenvalue weighted by Crippen LogP contribution is 2.32. The number of rotatable bonds is 3. The summed E-state index contributed by atoms with van der Waals surface area (Å²) >= 11 is 1.65. The van der Waals surface area contributed by atoms with Crippen LogP contribution < -0.4 is 4.90 Å². The van der Waals surface area contributed by atoms with Crippen molar-refractivity contribution in [1.82, 2.24) is 0 Å². The topological polar surface area (TPSA) is 27.0 Å². The second-order valence-corrected chi connectivity index (χ2v) is 6.07. The van der Waals surface area contributed by atoms with E-state index >= 15 is 0 Å². The Morgan fingerprint density at radius 1 is 1.21 bits per heavy atom. The van der Waals surface area contributed by atoms with Crippen LogP contribution in [0.3, 0.4) is 0 Å². The molecule has 0 atom stereocenters. The zero-order chi connectivity index (χ0) is 13.7. The molecule has 1 fully saturated rings. The molecule has 1 saturated carbocycles. The highest BCUT2D eigenvalue weighted by molar-refractivity contribution is 7.98.